The average Bonchev–Trinajstić information content (AvgIpc) is 2.77. The molecule has 0 aromatic heterocycles. The van der Waals surface area contributed by atoms with Crippen LogP contribution in [0, 0.1) is 0 Å². The van der Waals surface area contributed by atoms with Crippen molar-refractivity contribution in [1.82, 2.24) is 4.31 Å². The Morgan fingerprint density at radius 3 is 1.10 bits per heavy atom. The summed E-state index contributed by atoms with van der Waals surface area (Å²) < 4.78 is 27.6. The van der Waals surface area contributed by atoms with Crippen molar-refractivity contribution in [1.29, 1.82) is 0 Å². The zero-order valence-electron chi connectivity index (χ0n) is 22.2. The number of hydrogen-bond donors (Lipinski definition) is 0. The molecule has 0 N–H and O–H groups in total. The van der Waals surface area contributed by atoms with Crippen molar-refractivity contribution in [2.45, 2.75) is 157 Å². The highest BCUT2D eigenvalue weighted by Crippen LogP contribution is 2.14. The lowest BCUT2D eigenvalue weighted by Gasteiger charge is -2.22. The summed E-state index contributed by atoms with van der Waals surface area (Å²) in [5.41, 5.74) is 0. The van der Waals surface area contributed by atoms with Crippen LogP contribution in [0.1, 0.15) is 157 Å². The van der Waals surface area contributed by atoms with Gasteiger partial charge in [0.05, 0.1) is 5.75 Å². The molecule has 0 spiro atoms. The van der Waals surface area contributed by atoms with Gasteiger partial charge in [0.2, 0.25) is 10.0 Å². The molecule has 190 valence electrons. The standard InChI is InChI=1S/C25H53NO2S.C2H6/c1-4-7-10-13-15-16-18-21-24-26(23-20-17-14-11-8-5-2)29(27,28)25-22-19-12-9-6-3;1-2/h4-25H2,1-3H3;1-2H3. The molecule has 0 atom stereocenters. The first-order valence-electron chi connectivity index (χ1n) is 14.1. The third-order valence-electron chi connectivity index (χ3n) is 5.92. The average molecular weight is 462 g/mol. The van der Waals surface area contributed by atoms with E-state index in [0.29, 0.717) is 5.75 Å². The maximum atomic E-state index is 12.9. The van der Waals surface area contributed by atoms with Gasteiger partial charge in [0.25, 0.3) is 0 Å². The summed E-state index contributed by atoms with van der Waals surface area (Å²) in [5, 5.41) is 0. The smallest absolute Gasteiger partial charge is 0.212 e. The second-order valence-electron chi connectivity index (χ2n) is 8.87. The van der Waals surface area contributed by atoms with E-state index in [1.54, 1.807) is 0 Å². The second-order valence-corrected chi connectivity index (χ2v) is 11.0. The lowest BCUT2D eigenvalue weighted by molar-refractivity contribution is 0.382. The normalized spacial score (nSPS) is 11.5. The molecule has 3 nitrogen and oxygen atoms in total. The highest BCUT2D eigenvalue weighted by Gasteiger charge is 2.20. The first kappa shape index (κ1) is 33.1. The Morgan fingerprint density at radius 2 is 0.742 bits per heavy atom. The van der Waals surface area contributed by atoms with Crippen LogP contribution in [0.15, 0.2) is 0 Å². The molecule has 0 aliphatic rings. The van der Waals surface area contributed by atoms with E-state index in [2.05, 4.69) is 20.8 Å². The summed E-state index contributed by atoms with van der Waals surface area (Å²) in [6.07, 6.45) is 22.9. The van der Waals surface area contributed by atoms with E-state index >= 15 is 0 Å². The van der Waals surface area contributed by atoms with Gasteiger partial charge in [-0.3, -0.25) is 0 Å². The summed E-state index contributed by atoms with van der Waals surface area (Å²) in [7, 11) is -3.08. The Bertz CT molecular complexity index is 423. The zero-order chi connectivity index (χ0) is 23.6. The van der Waals surface area contributed by atoms with E-state index in [-0.39, 0.29) is 0 Å². The topological polar surface area (TPSA) is 37.4 Å². The van der Waals surface area contributed by atoms with Gasteiger partial charge in [-0.1, -0.05) is 137 Å². The van der Waals surface area contributed by atoms with Crippen LogP contribution in [0.25, 0.3) is 0 Å². The first-order chi connectivity index (χ1) is 15.1. The Morgan fingerprint density at radius 1 is 0.452 bits per heavy atom. The predicted molar refractivity (Wildman–Crippen MR) is 141 cm³/mol. The fraction of sp³-hybridized carbons (Fsp3) is 1.00. The van der Waals surface area contributed by atoms with Crippen molar-refractivity contribution in [2.75, 3.05) is 18.8 Å². The molecule has 0 heterocycles. The molecule has 0 amide bonds. The minimum absolute atomic E-state index is 0.351. The molecule has 0 unspecified atom stereocenters. The van der Waals surface area contributed by atoms with Gasteiger partial charge >= 0.3 is 0 Å². The Kier molecular flexibility index (Phi) is 27.9. The number of hydrogen-bond acceptors (Lipinski definition) is 2. The Hall–Kier alpha value is -0.0900. The fourth-order valence-electron chi connectivity index (χ4n) is 3.90. The van der Waals surface area contributed by atoms with E-state index in [0.717, 1.165) is 38.8 Å². The summed E-state index contributed by atoms with van der Waals surface area (Å²) in [6, 6.07) is 0. The highest BCUT2D eigenvalue weighted by atomic mass is 32.2. The van der Waals surface area contributed by atoms with Crippen LogP contribution >= 0.6 is 0 Å². The number of nitrogens with zero attached hydrogens (tertiary/aromatic N) is 1. The molecule has 4 heteroatoms. The van der Waals surface area contributed by atoms with Crippen molar-refractivity contribution in [3.63, 3.8) is 0 Å². The fourth-order valence-corrected chi connectivity index (χ4v) is 5.54. The molecule has 0 rings (SSSR count). The Labute approximate surface area is 198 Å². The maximum absolute atomic E-state index is 12.9. The van der Waals surface area contributed by atoms with Gasteiger partial charge in [0.1, 0.15) is 0 Å². The molecule has 0 aromatic rings. The van der Waals surface area contributed by atoms with Crippen LogP contribution in [0.4, 0.5) is 0 Å². The second kappa shape index (κ2) is 26.2. The van der Waals surface area contributed by atoms with Gasteiger partial charge in [-0.2, -0.15) is 0 Å². The van der Waals surface area contributed by atoms with Gasteiger partial charge in [-0.25, -0.2) is 12.7 Å². The minimum atomic E-state index is -3.08. The van der Waals surface area contributed by atoms with E-state index < -0.39 is 10.0 Å². The largest absolute Gasteiger partial charge is 0.214 e. The van der Waals surface area contributed by atoms with E-state index in [1.165, 1.54) is 96.3 Å². The molecule has 0 aromatic carbocycles. The molecule has 0 aliphatic heterocycles. The molecular formula is C27H59NO2S. The van der Waals surface area contributed by atoms with Crippen molar-refractivity contribution >= 4 is 10.0 Å². The molecule has 0 bridgehead atoms. The molecule has 0 fully saturated rings. The van der Waals surface area contributed by atoms with Gasteiger partial charge in [0.15, 0.2) is 0 Å². The lowest BCUT2D eigenvalue weighted by atomic mass is 10.1. The molecular weight excluding hydrogens is 402 g/mol. The molecule has 0 aliphatic carbocycles. The summed E-state index contributed by atoms with van der Waals surface area (Å²) in [4.78, 5) is 0. The van der Waals surface area contributed by atoms with Crippen molar-refractivity contribution < 1.29 is 8.42 Å². The monoisotopic (exact) mass is 461 g/mol. The molecule has 0 radical (unpaired) electrons. The maximum Gasteiger partial charge on any atom is 0.214 e. The van der Waals surface area contributed by atoms with Crippen LogP contribution < -0.4 is 0 Å². The third kappa shape index (κ3) is 22.9. The lowest BCUT2D eigenvalue weighted by Crippen LogP contribution is -2.35. The number of rotatable bonds is 23. The van der Waals surface area contributed by atoms with Crippen LogP contribution in [-0.4, -0.2) is 31.6 Å². The van der Waals surface area contributed by atoms with Crippen molar-refractivity contribution in [3.05, 3.63) is 0 Å². The predicted octanol–water partition coefficient (Wildman–Crippen LogP) is 9.12. The highest BCUT2D eigenvalue weighted by molar-refractivity contribution is 7.89. The quantitative estimate of drug-likeness (QED) is 0.142. The van der Waals surface area contributed by atoms with Crippen LogP contribution in [0.3, 0.4) is 0 Å². The van der Waals surface area contributed by atoms with Gasteiger partial charge in [-0.05, 0) is 19.3 Å². The molecule has 31 heavy (non-hydrogen) atoms. The first-order valence-corrected chi connectivity index (χ1v) is 15.7. The van der Waals surface area contributed by atoms with E-state index in [1.807, 2.05) is 18.2 Å². The molecule has 0 saturated carbocycles. The number of sulfonamides is 1. The summed E-state index contributed by atoms with van der Waals surface area (Å²) in [5.74, 6) is 0.351. The summed E-state index contributed by atoms with van der Waals surface area (Å²) >= 11 is 0. The van der Waals surface area contributed by atoms with Crippen LogP contribution in [-0.2, 0) is 10.0 Å². The van der Waals surface area contributed by atoms with Gasteiger partial charge < -0.3 is 0 Å². The Balaban J connectivity index is 0. The number of unbranched alkanes of at least 4 members (excludes halogenated alkanes) is 16. The van der Waals surface area contributed by atoms with Gasteiger partial charge in [-0.15, -0.1) is 0 Å². The third-order valence-corrected chi connectivity index (χ3v) is 7.88. The van der Waals surface area contributed by atoms with E-state index in [4.69, 9.17) is 0 Å². The van der Waals surface area contributed by atoms with Crippen LogP contribution in [0.5, 0.6) is 0 Å². The summed E-state index contributed by atoms with van der Waals surface area (Å²) in [6.45, 7) is 12.2. The van der Waals surface area contributed by atoms with Crippen molar-refractivity contribution in [2.24, 2.45) is 0 Å². The van der Waals surface area contributed by atoms with Crippen LogP contribution in [0.2, 0.25) is 0 Å². The van der Waals surface area contributed by atoms with Gasteiger partial charge in [0, 0.05) is 13.1 Å². The van der Waals surface area contributed by atoms with E-state index in [9.17, 15) is 8.42 Å². The molecule has 0 saturated heterocycles. The van der Waals surface area contributed by atoms with Crippen molar-refractivity contribution in [3.8, 4) is 0 Å². The zero-order valence-corrected chi connectivity index (χ0v) is 23.0. The SMILES string of the molecule is CC.CCCCCCCCCCN(CCCCCCCC)S(=O)(=O)CCCCCCC. The minimum Gasteiger partial charge on any atom is -0.212 e.